The van der Waals surface area contributed by atoms with Crippen LogP contribution in [0.4, 0.5) is 8.78 Å². The summed E-state index contributed by atoms with van der Waals surface area (Å²) in [7, 11) is 0. The summed E-state index contributed by atoms with van der Waals surface area (Å²) in [6.07, 6.45) is 0.489. The first-order valence-electron chi connectivity index (χ1n) is 6.37. The van der Waals surface area contributed by atoms with E-state index >= 15 is 0 Å². The fraction of sp³-hybridized carbons (Fsp3) is 0.250. The van der Waals surface area contributed by atoms with Gasteiger partial charge in [0.2, 0.25) is 0 Å². The van der Waals surface area contributed by atoms with Crippen LogP contribution in [0.2, 0.25) is 0 Å². The quantitative estimate of drug-likeness (QED) is 0.864. The Balaban J connectivity index is 2.39. The van der Waals surface area contributed by atoms with Crippen molar-refractivity contribution in [2.45, 2.75) is 25.4 Å². The van der Waals surface area contributed by atoms with Gasteiger partial charge in [-0.2, -0.15) is 0 Å². The standard InChI is InChI=1S/C16H15BrF2O/c1-2-16(20,14-5-3-4-6-15(14)19)10-11-7-12(17)9-13(18)8-11/h3-9,20H,2,10H2,1H3. The maximum absolute atomic E-state index is 13.9. The first-order valence-corrected chi connectivity index (χ1v) is 7.16. The van der Waals surface area contributed by atoms with E-state index < -0.39 is 11.4 Å². The molecular formula is C16H15BrF2O. The number of halogens is 3. The van der Waals surface area contributed by atoms with E-state index in [1.54, 1.807) is 31.2 Å². The van der Waals surface area contributed by atoms with Crippen LogP contribution in [0.15, 0.2) is 46.9 Å². The Labute approximate surface area is 125 Å². The van der Waals surface area contributed by atoms with Gasteiger partial charge in [-0.05, 0) is 36.2 Å². The Morgan fingerprint density at radius 1 is 1.15 bits per heavy atom. The van der Waals surface area contributed by atoms with Gasteiger partial charge < -0.3 is 5.11 Å². The highest BCUT2D eigenvalue weighted by molar-refractivity contribution is 9.10. The molecule has 0 aliphatic rings. The summed E-state index contributed by atoms with van der Waals surface area (Å²) >= 11 is 3.22. The Bertz CT molecular complexity index is 595. The van der Waals surface area contributed by atoms with E-state index in [-0.39, 0.29) is 17.8 Å². The van der Waals surface area contributed by atoms with E-state index in [9.17, 15) is 13.9 Å². The lowest BCUT2D eigenvalue weighted by Gasteiger charge is -2.28. The molecule has 0 aliphatic heterocycles. The zero-order valence-electron chi connectivity index (χ0n) is 11.0. The first kappa shape index (κ1) is 15.1. The second-order valence-corrected chi connectivity index (χ2v) is 5.74. The molecule has 1 nitrogen and oxygen atoms in total. The van der Waals surface area contributed by atoms with Crippen molar-refractivity contribution in [2.24, 2.45) is 0 Å². The highest BCUT2D eigenvalue weighted by Gasteiger charge is 2.30. The smallest absolute Gasteiger partial charge is 0.129 e. The van der Waals surface area contributed by atoms with E-state index in [0.29, 0.717) is 16.5 Å². The van der Waals surface area contributed by atoms with E-state index in [1.807, 2.05) is 0 Å². The number of hydrogen-bond acceptors (Lipinski definition) is 1. The third kappa shape index (κ3) is 3.25. The molecule has 2 aromatic rings. The minimum absolute atomic E-state index is 0.154. The van der Waals surface area contributed by atoms with Crippen LogP contribution in [0, 0.1) is 11.6 Å². The molecule has 2 rings (SSSR count). The molecule has 0 saturated carbocycles. The molecule has 0 amide bonds. The van der Waals surface area contributed by atoms with Crippen molar-refractivity contribution >= 4 is 15.9 Å². The van der Waals surface area contributed by atoms with E-state index in [1.165, 1.54) is 18.2 Å². The minimum Gasteiger partial charge on any atom is -0.385 e. The summed E-state index contributed by atoms with van der Waals surface area (Å²) in [4.78, 5) is 0. The monoisotopic (exact) mass is 340 g/mol. The molecule has 0 spiro atoms. The lowest BCUT2D eigenvalue weighted by molar-refractivity contribution is 0.0291. The molecular weight excluding hydrogens is 326 g/mol. The molecule has 0 heterocycles. The zero-order chi connectivity index (χ0) is 14.8. The Hall–Kier alpha value is -1.26. The van der Waals surface area contributed by atoms with Gasteiger partial charge in [-0.15, -0.1) is 0 Å². The average molecular weight is 341 g/mol. The van der Waals surface area contributed by atoms with Crippen LogP contribution in [0.5, 0.6) is 0 Å². The van der Waals surface area contributed by atoms with Crippen molar-refractivity contribution in [3.8, 4) is 0 Å². The van der Waals surface area contributed by atoms with Crippen LogP contribution < -0.4 is 0 Å². The van der Waals surface area contributed by atoms with Gasteiger partial charge in [0, 0.05) is 16.5 Å². The van der Waals surface area contributed by atoms with Crippen molar-refractivity contribution in [1.82, 2.24) is 0 Å². The minimum atomic E-state index is -1.35. The summed E-state index contributed by atoms with van der Waals surface area (Å²) in [6, 6.07) is 10.6. The molecule has 1 atom stereocenters. The Kier molecular flexibility index (Phi) is 4.55. The molecule has 0 aromatic heterocycles. The SMILES string of the molecule is CCC(O)(Cc1cc(F)cc(Br)c1)c1ccccc1F. The molecule has 20 heavy (non-hydrogen) atoms. The summed E-state index contributed by atoms with van der Waals surface area (Å²) in [5.74, 6) is -0.839. The Morgan fingerprint density at radius 3 is 2.45 bits per heavy atom. The van der Waals surface area contributed by atoms with Crippen molar-refractivity contribution in [1.29, 1.82) is 0 Å². The summed E-state index contributed by atoms with van der Waals surface area (Å²) in [6.45, 7) is 1.78. The largest absolute Gasteiger partial charge is 0.385 e. The summed E-state index contributed by atoms with van der Waals surface area (Å²) in [5, 5.41) is 10.7. The van der Waals surface area contributed by atoms with Crippen LogP contribution in [0.1, 0.15) is 24.5 Å². The van der Waals surface area contributed by atoms with Gasteiger partial charge >= 0.3 is 0 Å². The lowest BCUT2D eigenvalue weighted by atomic mass is 9.85. The first-order chi connectivity index (χ1) is 9.44. The third-order valence-electron chi connectivity index (χ3n) is 3.38. The fourth-order valence-corrected chi connectivity index (χ4v) is 2.81. The summed E-state index contributed by atoms with van der Waals surface area (Å²) < 4.78 is 27.9. The van der Waals surface area contributed by atoms with Gasteiger partial charge in [0.05, 0.1) is 5.60 Å². The van der Waals surface area contributed by atoms with Crippen LogP contribution in [0.3, 0.4) is 0 Å². The van der Waals surface area contributed by atoms with E-state index in [0.717, 1.165) is 0 Å². The third-order valence-corrected chi connectivity index (χ3v) is 3.84. The second-order valence-electron chi connectivity index (χ2n) is 4.82. The molecule has 0 aliphatic carbocycles. The van der Waals surface area contributed by atoms with Gasteiger partial charge in [-0.25, -0.2) is 8.78 Å². The molecule has 106 valence electrons. The van der Waals surface area contributed by atoms with Gasteiger partial charge in [0.25, 0.3) is 0 Å². The molecule has 1 N–H and O–H groups in total. The van der Waals surface area contributed by atoms with Crippen molar-refractivity contribution < 1.29 is 13.9 Å². The highest BCUT2D eigenvalue weighted by Crippen LogP contribution is 2.32. The molecule has 2 aromatic carbocycles. The van der Waals surface area contributed by atoms with Crippen LogP contribution in [-0.4, -0.2) is 5.11 Å². The fourth-order valence-electron chi connectivity index (χ4n) is 2.30. The molecule has 1 unspecified atom stereocenters. The topological polar surface area (TPSA) is 20.2 Å². The van der Waals surface area contributed by atoms with Crippen LogP contribution in [0.25, 0.3) is 0 Å². The van der Waals surface area contributed by atoms with Crippen LogP contribution in [-0.2, 0) is 12.0 Å². The molecule has 4 heteroatoms. The molecule has 0 saturated heterocycles. The molecule has 0 bridgehead atoms. The average Bonchev–Trinajstić information content (AvgIpc) is 2.37. The molecule has 0 radical (unpaired) electrons. The predicted molar refractivity (Wildman–Crippen MR) is 78.4 cm³/mol. The predicted octanol–water partition coefficient (Wildman–Crippen LogP) is 4.57. The van der Waals surface area contributed by atoms with Gasteiger partial charge in [-0.3, -0.25) is 0 Å². The summed E-state index contributed by atoms with van der Waals surface area (Å²) in [5.41, 5.74) is -0.495. The maximum atomic E-state index is 13.9. The molecule has 0 fully saturated rings. The van der Waals surface area contributed by atoms with Gasteiger partial charge in [0.15, 0.2) is 0 Å². The number of rotatable bonds is 4. The Morgan fingerprint density at radius 2 is 1.85 bits per heavy atom. The normalized spacial score (nSPS) is 14.1. The van der Waals surface area contributed by atoms with E-state index in [2.05, 4.69) is 15.9 Å². The van der Waals surface area contributed by atoms with Gasteiger partial charge in [0.1, 0.15) is 11.6 Å². The van der Waals surface area contributed by atoms with E-state index in [4.69, 9.17) is 0 Å². The lowest BCUT2D eigenvalue weighted by Crippen LogP contribution is -2.29. The number of aliphatic hydroxyl groups is 1. The van der Waals surface area contributed by atoms with Crippen molar-refractivity contribution in [3.63, 3.8) is 0 Å². The van der Waals surface area contributed by atoms with Gasteiger partial charge in [-0.1, -0.05) is 41.1 Å². The second kappa shape index (κ2) is 6.02. The number of hydrogen-bond donors (Lipinski definition) is 1. The highest BCUT2D eigenvalue weighted by atomic mass is 79.9. The van der Waals surface area contributed by atoms with Crippen molar-refractivity contribution in [2.75, 3.05) is 0 Å². The number of benzene rings is 2. The maximum Gasteiger partial charge on any atom is 0.129 e. The zero-order valence-corrected chi connectivity index (χ0v) is 12.6. The van der Waals surface area contributed by atoms with Crippen molar-refractivity contribution in [3.05, 3.63) is 69.7 Å². The van der Waals surface area contributed by atoms with Crippen LogP contribution >= 0.6 is 15.9 Å².